The second kappa shape index (κ2) is 8.98. The number of piperidine rings is 1. The highest BCUT2D eigenvalue weighted by Crippen LogP contribution is 2.75. The molecule has 5 heteroatoms. The molecule has 6 atom stereocenters. The van der Waals surface area contributed by atoms with Gasteiger partial charge < -0.3 is 14.5 Å². The number of fused-ring (bicyclic) bond motifs is 1. The number of nitrogens with zero attached hydrogens (tertiary/aromatic N) is 3. The molecule has 5 nitrogen and oxygen atoms in total. The molecule has 40 heavy (non-hydrogen) atoms. The van der Waals surface area contributed by atoms with Crippen LogP contribution in [0.4, 0.5) is 4.79 Å². The maximum atomic E-state index is 14.4. The summed E-state index contributed by atoms with van der Waals surface area (Å²) in [6, 6.07) is 18.9. The summed E-state index contributed by atoms with van der Waals surface area (Å²) in [5, 5.41) is 0. The van der Waals surface area contributed by atoms with E-state index in [2.05, 4.69) is 77.1 Å². The predicted molar refractivity (Wildman–Crippen MR) is 157 cm³/mol. The van der Waals surface area contributed by atoms with Crippen molar-refractivity contribution in [3.8, 4) is 5.75 Å². The Hall–Kier alpha value is -2.53. The second-order valence-electron chi connectivity index (χ2n) is 14.3. The fourth-order valence-corrected chi connectivity index (χ4v) is 10.7. The van der Waals surface area contributed by atoms with Crippen molar-refractivity contribution < 1.29 is 9.53 Å². The SMILES string of the molecule is COc1ccc2c(c1)C13CCN(CC4CC4)C(C2)C12CCC1C3[C@@H](CN1C(=O)N(Cc1ccccc1)C(C)C)C2. The van der Waals surface area contributed by atoms with Gasteiger partial charge in [0.25, 0.3) is 0 Å². The molecule has 2 saturated heterocycles. The zero-order valence-electron chi connectivity index (χ0n) is 24.5. The topological polar surface area (TPSA) is 36.0 Å². The first-order valence-electron chi connectivity index (χ1n) is 16.0. The quantitative estimate of drug-likeness (QED) is 0.445. The van der Waals surface area contributed by atoms with Gasteiger partial charge in [-0.1, -0.05) is 36.4 Å². The Morgan fingerprint density at radius 1 is 1.10 bits per heavy atom. The van der Waals surface area contributed by atoms with E-state index in [-0.39, 0.29) is 17.5 Å². The number of methoxy groups -OCH3 is 1. The molecule has 8 rings (SSSR count). The minimum absolute atomic E-state index is 0.170. The summed E-state index contributed by atoms with van der Waals surface area (Å²) >= 11 is 0. The first-order chi connectivity index (χ1) is 19.4. The van der Waals surface area contributed by atoms with Crippen molar-refractivity contribution in [3.05, 3.63) is 65.2 Å². The van der Waals surface area contributed by atoms with E-state index in [9.17, 15) is 4.79 Å². The van der Waals surface area contributed by atoms with Crippen LogP contribution in [0.15, 0.2) is 48.5 Å². The standard InChI is InChI=1S/C35H45N3O2/c1-23(2)37(21-24-7-5-4-6-8-24)33(39)38-22-27-19-34-14-13-30(38)32(27)35(34)15-16-36(20-25-9-10-25)31(34)17-26-11-12-28(40-3)18-29(26)35/h4-8,11-12,18,23,25,27,30-32H,9-10,13-17,19-22H2,1-3H3/t27-,30?,31?,32?,34?,35?/m1/s1. The first-order valence-corrected chi connectivity index (χ1v) is 16.0. The highest BCUT2D eigenvalue weighted by atomic mass is 16.5. The van der Waals surface area contributed by atoms with Gasteiger partial charge in [0.15, 0.2) is 0 Å². The van der Waals surface area contributed by atoms with E-state index >= 15 is 0 Å². The third kappa shape index (κ3) is 3.39. The molecular formula is C35H45N3O2. The van der Waals surface area contributed by atoms with Crippen molar-refractivity contribution in [2.24, 2.45) is 23.2 Å². The van der Waals surface area contributed by atoms with E-state index in [1.165, 1.54) is 63.6 Å². The van der Waals surface area contributed by atoms with E-state index in [1.807, 2.05) is 7.11 Å². The molecule has 2 aliphatic heterocycles. The molecule has 0 aromatic heterocycles. The van der Waals surface area contributed by atoms with Gasteiger partial charge in [0.2, 0.25) is 0 Å². The summed E-state index contributed by atoms with van der Waals surface area (Å²) in [5.74, 6) is 3.09. The molecule has 2 aromatic rings. The zero-order valence-corrected chi connectivity index (χ0v) is 24.5. The van der Waals surface area contributed by atoms with E-state index in [0.29, 0.717) is 35.9 Å². The van der Waals surface area contributed by atoms with Gasteiger partial charge in [-0.05, 0) is 117 Å². The third-order valence-corrected chi connectivity index (χ3v) is 12.3. The summed E-state index contributed by atoms with van der Waals surface area (Å²) in [5.41, 5.74) is 4.88. The van der Waals surface area contributed by atoms with E-state index < -0.39 is 0 Å². The minimum Gasteiger partial charge on any atom is -0.497 e. The van der Waals surface area contributed by atoms with Gasteiger partial charge in [-0.15, -0.1) is 0 Å². The fourth-order valence-electron chi connectivity index (χ4n) is 10.7. The van der Waals surface area contributed by atoms with Crippen LogP contribution >= 0.6 is 0 Å². The van der Waals surface area contributed by atoms with Crippen LogP contribution in [0.3, 0.4) is 0 Å². The molecule has 4 aliphatic carbocycles. The largest absolute Gasteiger partial charge is 0.497 e. The maximum absolute atomic E-state index is 14.4. The summed E-state index contributed by atoms with van der Waals surface area (Å²) in [6.07, 6.45) is 9.01. The summed E-state index contributed by atoms with van der Waals surface area (Å²) in [7, 11) is 1.81. The molecule has 0 N–H and O–H groups in total. The van der Waals surface area contributed by atoms with Crippen molar-refractivity contribution >= 4 is 6.03 Å². The van der Waals surface area contributed by atoms with Crippen LogP contribution in [0.5, 0.6) is 5.75 Å². The number of hydrogen-bond donors (Lipinski definition) is 0. The van der Waals surface area contributed by atoms with Gasteiger partial charge in [-0.3, -0.25) is 4.90 Å². The van der Waals surface area contributed by atoms with E-state index in [1.54, 1.807) is 11.1 Å². The molecule has 6 aliphatic rings. The van der Waals surface area contributed by atoms with Crippen LogP contribution in [-0.2, 0) is 18.4 Å². The molecule has 2 heterocycles. The number of carbonyl (C=O) groups excluding carboxylic acids is 1. The highest BCUT2D eigenvalue weighted by molar-refractivity contribution is 5.76. The Bertz CT molecular complexity index is 1310. The van der Waals surface area contributed by atoms with Gasteiger partial charge in [-0.2, -0.15) is 0 Å². The van der Waals surface area contributed by atoms with Crippen molar-refractivity contribution in [3.63, 3.8) is 0 Å². The molecule has 2 amide bonds. The van der Waals surface area contributed by atoms with Crippen molar-refractivity contribution in [1.29, 1.82) is 0 Å². The van der Waals surface area contributed by atoms with Crippen LogP contribution in [0.2, 0.25) is 0 Å². The molecule has 5 unspecified atom stereocenters. The fraction of sp³-hybridized carbons (Fsp3) is 0.629. The lowest BCUT2D eigenvalue weighted by atomic mass is 9.43. The van der Waals surface area contributed by atoms with Crippen LogP contribution in [0.1, 0.15) is 69.1 Å². The molecule has 0 spiro atoms. The van der Waals surface area contributed by atoms with Crippen molar-refractivity contribution in [1.82, 2.24) is 14.7 Å². The number of urea groups is 1. The number of benzene rings is 2. The number of likely N-dealkylation sites (tertiary alicyclic amines) is 2. The van der Waals surface area contributed by atoms with Crippen LogP contribution < -0.4 is 4.74 Å². The lowest BCUT2D eigenvalue weighted by Crippen LogP contribution is -2.70. The molecule has 2 aromatic carbocycles. The van der Waals surface area contributed by atoms with E-state index in [0.717, 1.165) is 18.2 Å². The number of ether oxygens (including phenoxy) is 1. The Balaban J connectivity index is 1.18. The summed E-state index contributed by atoms with van der Waals surface area (Å²) < 4.78 is 5.83. The summed E-state index contributed by atoms with van der Waals surface area (Å²) in [4.78, 5) is 21.8. The van der Waals surface area contributed by atoms with Gasteiger partial charge in [0, 0.05) is 43.2 Å². The number of rotatable bonds is 6. The van der Waals surface area contributed by atoms with Crippen LogP contribution in [-0.4, -0.2) is 65.6 Å². The molecule has 4 bridgehead atoms. The number of carbonyl (C=O) groups is 1. The molecular weight excluding hydrogens is 494 g/mol. The second-order valence-corrected chi connectivity index (χ2v) is 14.3. The van der Waals surface area contributed by atoms with Crippen molar-refractivity contribution in [2.45, 2.75) is 88.9 Å². The Kier molecular flexibility index (Phi) is 5.66. The maximum Gasteiger partial charge on any atom is 0.320 e. The van der Waals surface area contributed by atoms with Crippen LogP contribution in [0, 0.1) is 23.2 Å². The molecule has 0 radical (unpaired) electrons. The smallest absolute Gasteiger partial charge is 0.320 e. The Labute approximate surface area is 239 Å². The Morgan fingerprint density at radius 2 is 1.93 bits per heavy atom. The normalized spacial score (nSPS) is 35.5. The van der Waals surface area contributed by atoms with Gasteiger partial charge >= 0.3 is 6.03 Å². The van der Waals surface area contributed by atoms with Gasteiger partial charge in [-0.25, -0.2) is 4.79 Å². The lowest BCUT2D eigenvalue weighted by Gasteiger charge is -2.66. The number of amides is 2. The predicted octanol–water partition coefficient (Wildman–Crippen LogP) is 6.10. The average Bonchev–Trinajstić information content (AvgIpc) is 3.66. The van der Waals surface area contributed by atoms with E-state index in [4.69, 9.17) is 4.74 Å². The third-order valence-electron chi connectivity index (χ3n) is 12.3. The van der Waals surface area contributed by atoms with Gasteiger partial charge in [0.1, 0.15) is 5.75 Å². The minimum atomic E-state index is 0.170. The monoisotopic (exact) mass is 539 g/mol. The Morgan fingerprint density at radius 3 is 2.67 bits per heavy atom. The highest BCUT2D eigenvalue weighted by Gasteiger charge is 2.76. The zero-order chi connectivity index (χ0) is 27.2. The van der Waals surface area contributed by atoms with Crippen LogP contribution in [0.25, 0.3) is 0 Å². The molecule has 212 valence electrons. The van der Waals surface area contributed by atoms with Crippen molar-refractivity contribution in [2.75, 3.05) is 26.7 Å². The molecule has 5 fully saturated rings. The summed E-state index contributed by atoms with van der Waals surface area (Å²) in [6.45, 7) is 8.49. The number of hydrogen-bond acceptors (Lipinski definition) is 3. The first kappa shape index (κ1) is 25.2. The van der Waals surface area contributed by atoms with Gasteiger partial charge in [0.05, 0.1) is 7.11 Å². The lowest BCUT2D eigenvalue weighted by molar-refractivity contribution is -0.102. The average molecular weight is 540 g/mol. The molecule has 3 saturated carbocycles.